The smallest absolute Gasteiger partial charge is 0.190 e. The van der Waals surface area contributed by atoms with E-state index in [4.69, 9.17) is 0 Å². The van der Waals surface area contributed by atoms with Crippen molar-refractivity contribution in [2.45, 2.75) is 58.7 Å². The Kier molecular flexibility index (Phi) is 4.36. The van der Waals surface area contributed by atoms with Crippen molar-refractivity contribution in [1.29, 1.82) is 0 Å². The Hall–Kier alpha value is -1.30. The quantitative estimate of drug-likeness (QED) is 0.673. The van der Waals surface area contributed by atoms with Crippen LogP contribution in [0, 0.1) is 40.4 Å². The maximum atomic E-state index is 12.6. The van der Waals surface area contributed by atoms with Crippen molar-refractivity contribution in [3.05, 3.63) is 23.8 Å². The van der Waals surface area contributed by atoms with E-state index < -0.39 is 29.5 Å². The zero-order valence-corrected chi connectivity index (χ0v) is 17.2. The number of aliphatic hydroxyl groups is 3. The number of hydrogen-bond donors (Lipinski definition) is 3. The molecule has 28 heavy (non-hydrogen) atoms. The van der Waals surface area contributed by atoms with Gasteiger partial charge >= 0.3 is 0 Å². The number of Topliss-reactive ketones (excluding diaryl/α,β-unsaturated/α-hetero) is 1. The van der Waals surface area contributed by atoms with E-state index in [2.05, 4.69) is 13.8 Å². The first-order valence-corrected chi connectivity index (χ1v) is 10.5. The summed E-state index contributed by atoms with van der Waals surface area (Å²) < 4.78 is 0. The molecule has 3 unspecified atom stereocenters. The van der Waals surface area contributed by atoms with Gasteiger partial charge in [-0.2, -0.15) is 0 Å². The monoisotopic (exact) mass is 388 g/mol. The molecule has 0 aromatic carbocycles. The van der Waals surface area contributed by atoms with Gasteiger partial charge in [-0.15, -0.1) is 0 Å². The minimum atomic E-state index is -1.61. The van der Waals surface area contributed by atoms with Crippen molar-refractivity contribution >= 4 is 11.6 Å². The van der Waals surface area contributed by atoms with Crippen LogP contribution in [0.4, 0.5) is 0 Å². The van der Waals surface area contributed by atoms with Gasteiger partial charge in [-0.3, -0.25) is 9.59 Å². The summed E-state index contributed by atoms with van der Waals surface area (Å²) in [6, 6.07) is 0. The highest BCUT2D eigenvalue weighted by molar-refractivity contribution is 6.01. The third kappa shape index (κ3) is 2.24. The third-order valence-corrected chi connectivity index (χ3v) is 8.97. The second-order valence-electron chi connectivity index (χ2n) is 10.2. The predicted molar refractivity (Wildman–Crippen MR) is 104 cm³/mol. The van der Waals surface area contributed by atoms with Crippen LogP contribution in [0.2, 0.25) is 0 Å². The largest absolute Gasteiger partial charge is 0.393 e. The fourth-order valence-corrected chi connectivity index (χ4v) is 7.80. The molecule has 3 saturated carbocycles. The molecule has 4 aliphatic rings. The van der Waals surface area contributed by atoms with E-state index >= 15 is 0 Å². The summed E-state index contributed by atoms with van der Waals surface area (Å²) in [5.41, 5.74) is -1.67. The molecule has 0 aromatic heterocycles. The van der Waals surface area contributed by atoms with E-state index in [9.17, 15) is 24.9 Å². The van der Waals surface area contributed by atoms with Crippen LogP contribution < -0.4 is 0 Å². The first-order valence-electron chi connectivity index (χ1n) is 10.5. The van der Waals surface area contributed by atoms with Crippen LogP contribution in [0.25, 0.3) is 0 Å². The van der Waals surface area contributed by atoms with Gasteiger partial charge in [-0.05, 0) is 55.1 Å². The average Bonchev–Trinajstić information content (AvgIpc) is 2.83. The summed E-state index contributed by atoms with van der Waals surface area (Å²) in [6.45, 7) is 7.38. The molecule has 0 bridgehead atoms. The molecule has 0 radical (unpaired) electrons. The lowest BCUT2D eigenvalue weighted by Gasteiger charge is -2.60. The Bertz CT molecular complexity index is 784. The molecule has 5 nitrogen and oxygen atoms in total. The molecule has 0 saturated heterocycles. The molecule has 3 fully saturated rings. The standard InChI is InChI=1S/C23H32O5/c1-12-7-15-17-8-13(2)23(28,19(27)11-24)22(17,4)10-18(26)20(15)21(3)6-5-14(25)9-16(12)21/h5-6,9,12-13,15,17-18,20,24,26,28H,7-8,10-11H2,1-4H3/t12?,13?,15-,17-,18?,20+,21-,22-,23-/m0/s1. The van der Waals surface area contributed by atoms with Gasteiger partial charge in [-0.1, -0.05) is 39.3 Å². The average molecular weight is 389 g/mol. The van der Waals surface area contributed by atoms with Crippen molar-refractivity contribution < 1.29 is 24.9 Å². The highest BCUT2D eigenvalue weighted by Gasteiger charge is 2.70. The Morgan fingerprint density at radius 1 is 1.25 bits per heavy atom. The summed E-state index contributed by atoms with van der Waals surface area (Å²) in [4.78, 5) is 24.6. The van der Waals surface area contributed by atoms with Crippen LogP contribution in [0.5, 0.6) is 0 Å². The van der Waals surface area contributed by atoms with E-state index in [0.717, 1.165) is 12.0 Å². The first-order chi connectivity index (χ1) is 13.0. The molecule has 4 aliphatic carbocycles. The fourth-order valence-electron chi connectivity index (χ4n) is 7.80. The molecule has 0 spiro atoms. The Morgan fingerprint density at radius 2 is 1.93 bits per heavy atom. The van der Waals surface area contributed by atoms with Gasteiger partial charge in [0.05, 0.1) is 6.10 Å². The molecule has 0 heterocycles. The van der Waals surface area contributed by atoms with Gasteiger partial charge in [0.1, 0.15) is 12.2 Å². The van der Waals surface area contributed by atoms with Crippen LogP contribution in [0.3, 0.4) is 0 Å². The highest BCUT2D eigenvalue weighted by Crippen LogP contribution is 2.68. The molecule has 9 atom stereocenters. The van der Waals surface area contributed by atoms with Crippen LogP contribution in [-0.2, 0) is 9.59 Å². The Balaban J connectivity index is 1.81. The van der Waals surface area contributed by atoms with E-state index in [1.54, 1.807) is 12.2 Å². The molecule has 0 amide bonds. The van der Waals surface area contributed by atoms with Crippen molar-refractivity contribution in [2.75, 3.05) is 6.61 Å². The highest BCUT2D eigenvalue weighted by atomic mass is 16.3. The minimum Gasteiger partial charge on any atom is -0.393 e. The van der Waals surface area contributed by atoms with Crippen molar-refractivity contribution in [3.8, 4) is 0 Å². The summed E-state index contributed by atoms with van der Waals surface area (Å²) in [6.07, 6.45) is 6.50. The van der Waals surface area contributed by atoms with E-state index in [-0.39, 0.29) is 40.8 Å². The van der Waals surface area contributed by atoms with Crippen molar-refractivity contribution in [1.82, 2.24) is 0 Å². The van der Waals surface area contributed by atoms with Crippen LogP contribution >= 0.6 is 0 Å². The van der Waals surface area contributed by atoms with Crippen molar-refractivity contribution in [2.24, 2.45) is 40.4 Å². The number of ketones is 2. The molecular formula is C23H32O5. The Morgan fingerprint density at radius 3 is 2.57 bits per heavy atom. The molecule has 154 valence electrons. The molecule has 0 aliphatic heterocycles. The Labute approximate surface area is 166 Å². The van der Waals surface area contributed by atoms with E-state index in [1.165, 1.54) is 0 Å². The maximum absolute atomic E-state index is 12.6. The topological polar surface area (TPSA) is 94.8 Å². The maximum Gasteiger partial charge on any atom is 0.190 e. The lowest BCUT2D eigenvalue weighted by molar-refractivity contribution is -0.185. The molecule has 5 heteroatoms. The van der Waals surface area contributed by atoms with Gasteiger partial charge in [0, 0.05) is 16.7 Å². The van der Waals surface area contributed by atoms with Gasteiger partial charge in [-0.25, -0.2) is 0 Å². The van der Waals surface area contributed by atoms with E-state index in [0.29, 0.717) is 12.8 Å². The number of fused-ring (bicyclic) bond motifs is 5. The van der Waals surface area contributed by atoms with Gasteiger partial charge in [0.15, 0.2) is 11.6 Å². The van der Waals surface area contributed by atoms with Crippen LogP contribution in [0.15, 0.2) is 23.8 Å². The van der Waals surface area contributed by atoms with Gasteiger partial charge < -0.3 is 15.3 Å². The first kappa shape index (κ1) is 20.0. The minimum absolute atomic E-state index is 0.00492. The second-order valence-corrected chi connectivity index (χ2v) is 10.2. The van der Waals surface area contributed by atoms with Gasteiger partial charge in [0.25, 0.3) is 0 Å². The number of carbonyl (C=O) groups is 2. The third-order valence-electron chi connectivity index (χ3n) is 8.97. The van der Waals surface area contributed by atoms with Crippen LogP contribution in [-0.4, -0.2) is 45.2 Å². The number of aliphatic hydroxyl groups excluding tert-OH is 2. The summed E-state index contributed by atoms with van der Waals surface area (Å²) in [7, 11) is 0. The normalized spacial score (nSPS) is 52.5. The number of rotatable bonds is 2. The second kappa shape index (κ2) is 6.10. The summed E-state index contributed by atoms with van der Waals surface area (Å²) in [5, 5.41) is 32.3. The SMILES string of the molecule is CC1C[C@@H]2[C@H](C(O)C[C@@]3(C)[C@H]2CC(C)[C@]3(O)C(=O)CO)[C@@]2(C)C=CC(=O)C=C12. The van der Waals surface area contributed by atoms with Crippen molar-refractivity contribution in [3.63, 3.8) is 0 Å². The van der Waals surface area contributed by atoms with E-state index in [1.807, 2.05) is 19.9 Å². The van der Waals surface area contributed by atoms with Crippen LogP contribution in [0.1, 0.15) is 47.0 Å². The van der Waals surface area contributed by atoms with Gasteiger partial charge in [0.2, 0.25) is 0 Å². The lowest BCUT2D eigenvalue weighted by Crippen LogP contribution is -2.63. The summed E-state index contributed by atoms with van der Waals surface area (Å²) >= 11 is 0. The summed E-state index contributed by atoms with van der Waals surface area (Å²) in [5.74, 6) is -0.408. The lowest BCUT2D eigenvalue weighted by atomic mass is 9.44. The molecular weight excluding hydrogens is 356 g/mol. The molecule has 4 rings (SSSR count). The molecule has 0 aromatic rings. The number of hydrogen-bond acceptors (Lipinski definition) is 5. The zero-order valence-electron chi connectivity index (χ0n) is 17.2. The number of carbonyl (C=O) groups excluding carboxylic acids is 2. The zero-order chi connectivity index (χ0) is 20.6. The fraction of sp³-hybridized carbons (Fsp3) is 0.739. The number of allylic oxidation sites excluding steroid dienone is 4. The molecule has 3 N–H and O–H groups in total. The predicted octanol–water partition coefficient (Wildman–Crippen LogP) is 2.05.